The Morgan fingerprint density at radius 1 is 0.979 bits per heavy atom. The lowest BCUT2D eigenvalue weighted by atomic mass is 10.0. The second-order valence-corrected chi connectivity index (χ2v) is 15.2. The number of aryl methyl sites for hydroxylation is 1. The van der Waals surface area contributed by atoms with E-state index < -0.39 is 51.2 Å². The highest BCUT2D eigenvalue weighted by atomic mass is 32.2. The lowest BCUT2D eigenvalue weighted by molar-refractivity contribution is -0.137. The topological polar surface area (TPSA) is 170 Å². The molecule has 0 saturated carbocycles. The number of fused-ring (bicyclic) bond motifs is 1. The summed E-state index contributed by atoms with van der Waals surface area (Å²) in [7, 11) is -4.20. The molecule has 1 aliphatic rings. The number of carbonyl (C=O) groups excluding carboxylic acids is 2. The third-order valence-corrected chi connectivity index (χ3v) is 8.54. The molecule has 2 amide bonds. The number of halogens is 3. The molecule has 4 rings (SSSR count). The number of nitrogens with two attached hydrogens (primary N) is 1. The summed E-state index contributed by atoms with van der Waals surface area (Å²) in [6.45, 7) is 12.7. The second kappa shape index (κ2) is 12.8. The van der Waals surface area contributed by atoms with Crippen molar-refractivity contribution in [3.05, 3.63) is 64.7 Å². The van der Waals surface area contributed by atoms with Gasteiger partial charge in [0.1, 0.15) is 33.6 Å². The van der Waals surface area contributed by atoms with E-state index in [-0.39, 0.29) is 40.9 Å². The molecule has 0 bridgehead atoms. The third kappa shape index (κ3) is 8.49. The van der Waals surface area contributed by atoms with Crippen LogP contribution in [0.2, 0.25) is 0 Å². The Labute approximate surface area is 276 Å². The summed E-state index contributed by atoms with van der Waals surface area (Å²) in [4.78, 5) is 39.2. The number of carbonyl (C=O) groups is 2. The normalized spacial score (nSPS) is 14.6. The number of pyridine rings is 1. The van der Waals surface area contributed by atoms with Crippen molar-refractivity contribution in [3.63, 3.8) is 0 Å². The van der Waals surface area contributed by atoms with Gasteiger partial charge in [0.15, 0.2) is 0 Å². The van der Waals surface area contributed by atoms with Crippen LogP contribution in [0.15, 0.2) is 41.4 Å². The highest BCUT2D eigenvalue weighted by Gasteiger charge is 2.37. The van der Waals surface area contributed by atoms with Crippen molar-refractivity contribution in [2.75, 3.05) is 16.0 Å². The van der Waals surface area contributed by atoms with E-state index >= 15 is 0 Å². The summed E-state index contributed by atoms with van der Waals surface area (Å²) in [5.41, 5.74) is 3.99. The fraction of sp³-hybridized carbons (Fsp3) is 0.452. The summed E-state index contributed by atoms with van der Waals surface area (Å²) in [6.07, 6.45) is -5.72. The van der Waals surface area contributed by atoms with Crippen LogP contribution < -0.4 is 16.0 Å². The van der Waals surface area contributed by atoms with E-state index in [1.165, 1.54) is 18.2 Å². The van der Waals surface area contributed by atoms with Crippen LogP contribution in [0, 0.1) is 6.92 Å². The van der Waals surface area contributed by atoms with Gasteiger partial charge in [-0.2, -0.15) is 22.4 Å². The number of nitrogen functional groups attached to an aromatic ring is 1. The molecule has 2 aromatic heterocycles. The van der Waals surface area contributed by atoms with Crippen molar-refractivity contribution in [1.29, 1.82) is 0 Å². The first-order valence-corrected chi connectivity index (χ1v) is 16.2. The number of anilines is 3. The van der Waals surface area contributed by atoms with Crippen molar-refractivity contribution in [3.8, 4) is 0 Å². The maximum absolute atomic E-state index is 13.7. The standard InChI is InChI=1S/C31H38F3N7O6S/c1-17(19-11-20(31(32,33)34)13-21(35)12-19)37-26-23-15-40(16-24(23)38-18(2)39-26)48(44,45)22-9-10-25(36-14-22)41(27(42)46-29(3,4)5)28(43)47-30(6,7)8/h9-14,17H,15-16,35H2,1-8H3,(H,37,38,39)/t17-/m1/s1. The molecule has 260 valence electrons. The van der Waals surface area contributed by atoms with Gasteiger partial charge in [0, 0.05) is 24.0 Å². The van der Waals surface area contributed by atoms with Crippen LogP contribution in [0.25, 0.3) is 0 Å². The minimum absolute atomic E-state index is 0.0604. The van der Waals surface area contributed by atoms with Gasteiger partial charge in [0.2, 0.25) is 10.0 Å². The number of hydrogen-bond acceptors (Lipinski definition) is 11. The van der Waals surface area contributed by atoms with Crippen molar-refractivity contribution in [1.82, 2.24) is 19.3 Å². The predicted molar refractivity (Wildman–Crippen MR) is 170 cm³/mol. The molecule has 48 heavy (non-hydrogen) atoms. The number of aromatic nitrogens is 3. The van der Waals surface area contributed by atoms with Gasteiger partial charge in [-0.25, -0.2) is 33.0 Å². The maximum Gasteiger partial charge on any atom is 0.425 e. The van der Waals surface area contributed by atoms with Gasteiger partial charge in [-0.1, -0.05) is 0 Å². The molecular weight excluding hydrogens is 655 g/mol. The van der Waals surface area contributed by atoms with Gasteiger partial charge in [0.05, 0.1) is 23.8 Å². The molecule has 13 nitrogen and oxygen atoms in total. The maximum atomic E-state index is 13.7. The van der Waals surface area contributed by atoms with Gasteiger partial charge in [-0.3, -0.25) is 0 Å². The summed E-state index contributed by atoms with van der Waals surface area (Å²) in [5.74, 6) is 0.360. The third-order valence-electron chi connectivity index (χ3n) is 6.76. The van der Waals surface area contributed by atoms with Crippen LogP contribution >= 0.6 is 0 Å². The van der Waals surface area contributed by atoms with Crippen LogP contribution in [-0.2, 0) is 38.8 Å². The number of sulfonamides is 1. The van der Waals surface area contributed by atoms with Crippen LogP contribution in [0.3, 0.4) is 0 Å². The number of amides is 2. The molecular formula is C31H38F3N7O6S. The Morgan fingerprint density at radius 3 is 2.10 bits per heavy atom. The lowest BCUT2D eigenvalue weighted by Gasteiger charge is -2.28. The van der Waals surface area contributed by atoms with E-state index in [0.717, 1.165) is 22.6 Å². The fourth-order valence-electron chi connectivity index (χ4n) is 4.70. The number of nitrogens with zero attached hydrogens (tertiary/aromatic N) is 5. The molecule has 0 unspecified atom stereocenters. The van der Waals surface area contributed by atoms with Crippen LogP contribution in [0.5, 0.6) is 0 Å². The average molecular weight is 694 g/mol. The molecule has 1 aromatic carbocycles. The smallest absolute Gasteiger partial charge is 0.425 e. The number of nitrogens with one attached hydrogen (secondary N) is 1. The minimum atomic E-state index is -4.59. The van der Waals surface area contributed by atoms with Gasteiger partial charge < -0.3 is 20.5 Å². The van der Waals surface area contributed by atoms with Crippen molar-refractivity contribution < 1.29 is 40.7 Å². The van der Waals surface area contributed by atoms with Gasteiger partial charge in [0.25, 0.3) is 0 Å². The van der Waals surface area contributed by atoms with Gasteiger partial charge in [-0.15, -0.1) is 0 Å². The van der Waals surface area contributed by atoms with Crippen LogP contribution in [0.4, 0.5) is 40.1 Å². The molecule has 0 fully saturated rings. The van der Waals surface area contributed by atoms with Crippen molar-refractivity contribution in [2.45, 2.75) is 96.8 Å². The zero-order valence-electron chi connectivity index (χ0n) is 27.8. The lowest BCUT2D eigenvalue weighted by Crippen LogP contribution is -2.44. The molecule has 3 heterocycles. The number of imide groups is 1. The Kier molecular flexibility index (Phi) is 9.71. The first-order chi connectivity index (χ1) is 21.9. The number of benzene rings is 1. The van der Waals surface area contributed by atoms with Gasteiger partial charge >= 0.3 is 18.4 Å². The Bertz CT molecular complexity index is 1790. The summed E-state index contributed by atoms with van der Waals surface area (Å²) in [5, 5.41) is 3.09. The molecule has 1 atom stereocenters. The van der Waals surface area contributed by atoms with E-state index in [9.17, 15) is 31.2 Å². The minimum Gasteiger partial charge on any atom is -0.443 e. The largest absolute Gasteiger partial charge is 0.443 e. The highest BCUT2D eigenvalue weighted by molar-refractivity contribution is 7.89. The first-order valence-electron chi connectivity index (χ1n) is 14.8. The van der Waals surface area contributed by atoms with Gasteiger partial charge in [-0.05, 0) is 91.3 Å². The van der Waals surface area contributed by atoms with E-state index in [1.807, 2.05) is 0 Å². The quantitative estimate of drug-likeness (QED) is 0.276. The number of ether oxygens (including phenoxy) is 2. The molecule has 1 aliphatic heterocycles. The van der Waals surface area contributed by atoms with Crippen LogP contribution in [0.1, 0.15) is 82.7 Å². The zero-order valence-corrected chi connectivity index (χ0v) is 28.6. The molecule has 0 aliphatic carbocycles. The number of hydrogen-bond donors (Lipinski definition) is 2. The molecule has 0 spiro atoms. The second-order valence-electron chi connectivity index (χ2n) is 13.2. The monoisotopic (exact) mass is 693 g/mol. The number of rotatable bonds is 6. The SMILES string of the molecule is Cc1nc2c(c(N[C@H](C)c3cc(N)cc(C(F)(F)F)c3)n1)CN(S(=O)(=O)c1ccc(N(C(=O)OC(C)(C)C)C(=O)OC(C)(C)C)nc1)C2. The average Bonchev–Trinajstić information content (AvgIpc) is 3.36. The Balaban J connectivity index is 1.59. The fourth-order valence-corrected chi connectivity index (χ4v) is 6.02. The Morgan fingerprint density at radius 2 is 1.58 bits per heavy atom. The van der Waals surface area contributed by atoms with E-state index in [4.69, 9.17) is 15.2 Å². The number of alkyl halides is 3. The molecule has 3 N–H and O–H groups in total. The van der Waals surface area contributed by atoms with E-state index in [0.29, 0.717) is 22.0 Å². The summed E-state index contributed by atoms with van der Waals surface area (Å²) < 4.78 is 79.5. The summed E-state index contributed by atoms with van der Waals surface area (Å²) in [6, 6.07) is 4.94. The highest BCUT2D eigenvalue weighted by Crippen LogP contribution is 2.36. The molecule has 0 radical (unpaired) electrons. The molecule has 17 heteroatoms. The predicted octanol–water partition coefficient (Wildman–Crippen LogP) is 6.34. The van der Waals surface area contributed by atoms with Crippen LogP contribution in [-0.4, -0.2) is 51.1 Å². The molecule has 3 aromatic rings. The first kappa shape index (κ1) is 36.3. The molecule has 0 saturated heterocycles. The van der Waals surface area contributed by atoms with Crippen molar-refractivity contribution >= 4 is 39.5 Å². The Hall–Kier alpha value is -4.51. The zero-order chi connectivity index (χ0) is 36.0. The van der Waals surface area contributed by atoms with E-state index in [1.54, 1.807) is 55.4 Å². The van der Waals surface area contributed by atoms with E-state index in [2.05, 4.69) is 20.3 Å². The van der Waals surface area contributed by atoms with Crippen molar-refractivity contribution in [2.24, 2.45) is 0 Å². The summed E-state index contributed by atoms with van der Waals surface area (Å²) >= 11 is 0.